The van der Waals surface area contributed by atoms with Gasteiger partial charge >= 0.3 is 5.97 Å². The van der Waals surface area contributed by atoms with Gasteiger partial charge in [-0.2, -0.15) is 0 Å². The monoisotopic (exact) mass is 258 g/mol. The minimum Gasteiger partial charge on any atom is -0.508 e. The van der Waals surface area contributed by atoms with E-state index in [1.807, 2.05) is 0 Å². The van der Waals surface area contributed by atoms with Crippen molar-refractivity contribution in [2.24, 2.45) is 0 Å². The van der Waals surface area contributed by atoms with Crippen LogP contribution in [0.15, 0.2) is 22.7 Å². The maximum atomic E-state index is 10.5. The molecule has 1 aromatic carbocycles. The Morgan fingerprint density at radius 2 is 2.29 bits per heavy atom. The molecular formula is C10H11BrO3. The lowest BCUT2D eigenvalue weighted by Crippen LogP contribution is -2.03. The average molecular weight is 259 g/mol. The van der Waals surface area contributed by atoms with Crippen LogP contribution >= 0.6 is 15.9 Å². The van der Waals surface area contributed by atoms with Crippen LogP contribution in [0.2, 0.25) is 0 Å². The molecule has 0 unspecified atom stereocenters. The molecule has 0 spiro atoms. The van der Waals surface area contributed by atoms with E-state index in [1.54, 1.807) is 18.2 Å². The van der Waals surface area contributed by atoms with Gasteiger partial charge in [-0.05, 0) is 23.8 Å². The van der Waals surface area contributed by atoms with Crippen molar-refractivity contribution in [1.29, 1.82) is 0 Å². The van der Waals surface area contributed by atoms with E-state index in [1.165, 1.54) is 6.92 Å². The predicted molar refractivity (Wildman–Crippen MR) is 56.1 cm³/mol. The van der Waals surface area contributed by atoms with E-state index >= 15 is 0 Å². The van der Waals surface area contributed by atoms with Gasteiger partial charge in [-0.1, -0.05) is 15.9 Å². The molecule has 0 bridgehead atoms. The Kier molecular flexibility index (Phi) is 3.95. The molecule has 0 aliphatic carbocycles. The third kappa shape index (κ3) is 3.38. The van der Waals surface area contributed by atoms with Crippen LogP contribution in [0.3, 0.4) is 0 Å². The zero-order chi connectivity index (χ0) is 10.6. The number of carbonyl (C=O) groups excluding carboxylic acids is 1. The number of rotatable bonds is 3. The van der Waals surface area contributed by atoms with Crippen molar-refractivity contribution in [2.75, 3.05) is 6.61 Å². The molecule has 0 radical (unpaired) electrons. The summed E-state index contributed by atoms with van der Waals surface area (Å²) in [5.41, 5.74) is 0.764. The van der Waals surface area contributed by atoms with Gasteiger partial charge in [0.05, 0.1) is 6.61 Å². The largest absolute Gasteiger partial charge is 0.508 e. The Labute approximate surface area is 90.8 Å². The van der Waals surface area contributed by atoms with E-state index in [-0.39, 0.29) is 11.7 Å². The molecule has 1 N–H and O–H groups in total. The van der Waals surface area contributed by atoms with E-state index in [0.29, 0.717) is 13.0 Å². The summed E-state index contributed by atoms with van der Waals surface area (Å²) in [6.45, 7) is 1.65. The predicted octanol–water partition coefficient (Wildman–Crippen LogP) is 2.26. The molecule has 0 fully saturated rings. The lowest BCUT2D eigenvalue weighted by molar-refractivity contribution is -0.140. The first-order chi connectivity index (χ1) is 6.59. The second-order valence-corrected chi connectivity index (χ2v) is 3.78. The second-order valence-electron chi connectivity index (χ2n) is 2.86. The van der Waals surface area contributed by atoms with Crippen LogP contribution in [0.4, 0.5) is 0 Å². The van der Waals surface area contributed by atoms with Gasteiger partial charge < -0.3 is 9.84 Å². The van der Waals surface area contributed by atoms with Crippen molar-refractivity contribution < 1.29 is 14.6 Å². The van der Waals surface area contributed by atoms with Gasteiger partial charge in [0.15, 0.2) is 0 Å². The number of aromatic hydroxyl groups is 1. The van der Waals surface area contributed by atoms with Gasteiger partial charge in [0.1, 0.15) is 5.75 Å². The standard InChI is InChI=1S/C10H11BrO3/c1-7(12)14-5-4-8-6-9(11)2-3-10(8)13/h2-3,6,13H,4-5H2,1H3. The molecule has 1 rings (SSSR count). The van der Waals surface area contributed by atoms with Crippen molar-refractivity contribution in [3.63, 3.8) is 0 Å². The van der Waals surface area contributed by atoms with Crippen LogP contribution in [0, 0.1) is 0 Å². The van der Waals surface area contributed by atoms with Gasteiger partial charge in [0.2, 0.25) is 0 Å². The Bertz CT molecular complexity index is 336. The highest BCUT2D eigenvalue weighted by atomic mass is 79.9. The van der Waals surface area contributed by atoms with Crippen LogP contribution in [0.1, 0.15) is 12.5 Å². The van der Waals surface area contributed by atoms with Crippen molar-refractivity contribution in [3.05, 3.63) is 28.2 Å². The molecule has 4 heteroatoms. The molecule has 14 heavy (non-hydrogen) atoms. The number of halogens is 1. The molecule has 1 aromatic rings. The topological polar surface area (TPSA) is 46.5 Å². The minimum absolute atomic E-state index is 0.223. The fourth-order valence-corrected chi connectivity index (χ4v) is 1.47. The highest BCUT2D eigenvalue weighted by Gasteiger charge is 2.02. The normalized spacial score (nSPS) is 9.86. The number of carbonyl (C=O) groups is 1. The molecule has 0 saturated heterocycles. The molecule has 0 aromatic heterocycles. The van der Waals surface area contributed by atoms with Crippen molar-refractivity contribution >= 4 is 21.9 Å². The fraction of sp³-hybridized carbons (Fsp3) is 0.300. The summed E-state index contributed by atoms with van der Waals surface area (Å²) < 4.78 is 5.67. The number of phenols is 1. The first-order valence-corrected chi connectivity index (χ1v) is 4.99. The van der Waals surface area contributed by atoms with Gasteiger partial charge in [0.25, 0.3) is 0 Å². The zero-order valence-electron chi connectivity index (χ0n) is 7.79. The lowest BCUT2D eigenvalue weighted by Gasteiger charge is -2.05. The first-order valence-electron chi connectivity index (χ1n) is 4.20. The van der Waals surface area contributed by atoms with E-state index in [0.717, 1.165) is 10.0 Å². The summed E-state index contributed by atoms with van der Waals surface area (Å²) in [7, 11) is 0. The van der Waals surface area contributed by atoms with Crippen LogP contribution in [0.5, 0.6) is 5.75 Å². The van der Waals surface area contributed by atoms with Crippen LogP contribution in [-0.2, 0) is 16.0 Å². The minimum atomic E-state index is -0.306. The molecule has 0 amide bonds. The molecule has 0 heterocycles. The summed E-state index contributed by atoms with van der Waals surface area (Å²) in [6, 6.07) is 5.16. The highest BCUT2D eigenvalue weighted by Crippen LogP contribution is 2.22. The lowest BCUT2D eigenvalue weighted by atomic mass is 10.1. The van der Waals surface area contributed by atoms with E-state index in [4.69, 9.17) is 4.74 Å². The molecule has 0 saturated carbocycles. The molecule has 76 valence electrons. The summed E-state index contributed by atoms with van der Waals surface area (Å²) in [5, 5.41) is 9.44. The first kappa shape index (κ1) is 11.0. The third-order valence-corrected chi connectivity index (χ3v) is 2.21. The second kappa shape index (κ2) is 5.00. The van der Waals surface area contributed by atoms with Crippen molar-refractivity contribution in [1.82, 2.24) is 0 Å². The fourth-order valence-electron chi connectivity index (χ4n) is 1.06. The number of esters is 1. The number of hydrogen-bond acceptors (Lipinski definition) is 3. The van der Waals surface area contributed by atoms with E-state index < -0.39 is 0 Å². The molecule has 0 aliphatic rings. The Hall–Kier alpha value is -1.03. The number of ether oxygens (including phenoxy) is 1. The van der Waals surface area contributed by atoms with Crippen LogP contribution in [-0.4, -0.2) is 17.7 Å². The van der Waals surface area contributed by atoms with Gasteiger partial charge in [-0.25, -0.2) is 0 Å². The highest BCUT2D eigenvalue weighted by molar-refractivity contribution is 9.10. The Morgan fingerprint density at radius 3 is 2.93 bits per heavy atom. The average Bonchev–Trinajstić information content (AvgIpc) is 2.10. The molecule has 3 nitrogen and oxygen atoms in total. The zero-order valence-corrected chi connectivity index (χ0v) is 9.37. The summed E-state index contributed by atoms with van der Waals surface area (Å²) in [4.78, 5) is 10.5. The number of benzene rings is 1. The summed E-state index contributed by atoms with van der Waals surface area (Å²) >= 11 is 3.30. The van der Waals surface area contributed by atoms with Gasteiger partial charge in [-0.3, -0.25) is 4.79 Å². The Balaban J connectivity index is 2.57. The molecule has 0 atom stereocenters. The number of hydrogen-bond donors (Lipinski definition) is 1. The van der Waals surface area contributed by atoms with Gasteiger partial charge in [0, 0.05) is 17.8 Å². The van der Waals surface area contributed by atoms with Crippen LogP contribution in [0.25, 0.3) is 0 Å². The van der Waals surface area contributed by atoms with Crippen molar-refractivity contribution in [2.45, 2.75) is 13.3 Å². The van der Waals surface area contributed by atoms with Crippen molar-refractivity contribution in [3.8, 4) is 5.75 Å². The summed E-state index contributed by atoms with van der Waals surface area (Å²) in [5.74, 6) is -0.0835. The maximum Gasteiger partial charge on any atom is 0.302 e. The maximum absolute atomic E-state index is 10.5. The number of phenolic OH excluding ortho intramolecular Hbond substituents is 1. The van der Waals surface area contributed by atoms with E-state index in [2.05, 4.69) is 15.9 Å². The van der Waals surface area contributed by atoms with E-state index in [9.17, 15) is 9.90 Å². The SMILES string of the molecule is CC(=O)OCCc1cc(Br)ccc1O. The quantitative estimate of drug-likeness (QED) is 0.847. The third-order valence-electron chi connectivity index (χ3n) is 1.72. The van der Waals surface area contributed by atoms with Crippen LogP contribution < -0.4 is 0 Å². The Morgan fingerprint density at radius 1 is 1.57 bits per heavy atom. The molecule has 0 aliphatic heterocycles. The molecular weight excluding hydrogens is 248 g/mol. The summed E-state index contributed by atoms with van der Waals surface area (Å²) in [6.07, 6.45) is 0.519. The smallest absolute Gasteiger partial charge is 0.302 e. The van der Waals surface area contributed by atoms with Gasteiger partial charge in [-0.15, -0.1) is 0 Å².